The van der Waals surface area contributed by atoms with Crippen LogP contribution in [0.5, 0.6) is 0 Å². The van der Waals surface area contributed by atoms with E-state index in [1.807, 2.05) is 176 Å². The summed E-state index contributed by atoms with van der Waals surface area (Å²) < 4.78 is 0. The van der Waals surface area contributed by atoms with Crippen molar-refractivity contribution in [2.75, 3.05) is 84.2 Å². The molecule has 0 unspecified atom stereocenters. The van der Waals surface area contributed by atoms with E-state index in [1.165, 1.54) is 107 Å². The minimum absolute atomic E-state index is 0.220. The molecule has 5 aliphatic rings. The van der Waals surface area contributed by atoms with Crippen LogP contribution in [0.15, 0.2) is 165 Å². The first kappa shape index (κ1) is 103. The summed E-state index contributed by atoms with van der Waals surface area (Å²) in [5.74, 6) is 3.85. The molecule has 18 nitrogen and oxygen atoms in total. The summed E-state index contributed by atoms with van der Waals surface area (Å²) in [6, 6.07) is 36.3. The largest absolute Gasteiger partial charge is 0.352 e. The molecule has 15 rings (SSSR count). The van der Waals surface area contributed by atoms with E-state index in [2.05, 4.69) is 331 Å². The van der Waals surface area contributed by atoms with Crippen molar-refractivity contribution in [3.05, 3.63) is 221 Å². The SMILES string of the molecule is CC.CC.CC.CC.CC.CC.CC.CC.CC.CC.Cc1cccc(N2c3ccncc3N(C)[C@@H]2C)c1C.Cc1cccc(N2c3cnccc3N(C)[C@@H]2C)c1C.Cc1cccc(N2c3cncnc3N(C)[C@@H]2C)c1C.Cc1cccc(N2c3nccnc3N(C)[C@@H]2C)c1C.Cc1cccc(N2c3ncncc3N(C)[C@@H]2C)c1C. The van der Waals surface area contributed by atoms with E-state index in [9.17, 15) is 0 Å². The Hall–Kier alpha value is -10.4. The lowest BCUT2D eigenvalue weighted by Crippen LogP contribution is -2.36. The number of hydrogen-bond acceptors (Lipinski definition) is 18. The van der Waals surface area contributed by atoms with Crippen LogP contribution in [-0.4, -0.2) is 106 Å². The fraction of sp³-hybridized carbons (Fsp3) is 0.464. The summed E-state index contributed by atoms with van der Waals surface area (Å²) in [5, 5.41) is 0. The quantitative estimate of drug-likeness (QED) is 0.161. The second-order valence-corrected chi connectivity index (χ2v) is 25.6. The molecular formula is C97H152N18. The van der Waals surface area contributed by atoms with Crippen molar-refractivity contribution >= 4 is 85.8 Å². The highest BCUT2D eigenvalue weighted by molar-refractivity contribution is 5.87. The standard InChI is InChI=1S/2C16H19N3.3C15H18N4.10C2H6/c1-11-6-5-7-14(12(11)2)19-13(3)18(4)16-10-17-9-8-15(16)19;1-11-6-5-7-14(12(11)2)19-13(3)18(4)15-8-9-17-10-16(15)19;1-10-6-5-7-13(11(10)2)19-12(3)18(4)15-14(19)8-16-9-17-15;1-10-6-5-7-13(11(10)2)19-12(3)18(4)14-8-16-9-17-15(14)19;1-10-6-5-7-13(11(10)2)19-12(3)18(4)14-15(19)17-9-8-16-14;10*1-2/h2*5-10,13H,1-4H3;3*5-9,12H,1-4H3;10*1-2H3/t2*13-;3*12-;;;;;;;;;;/m00000........../s1. The molecule has 5 aliphatic heterocycles. The van der Waals surface area contributed by atoms with Crippen molar-refractivity contribution < 1.29 is 0 Å². The van der Waals surface area contributed by atoms with Crippen molar-refractivity contribution in [2.45, 2.75) is 273 Å². The Kier molecular flexibility index (Phi) is 46.6. The smallest absolute Gasteiger partial charge is 0.178 e. The van der Waals surface area contributed by atoms with Crippen molar-refractivity contribution in [3.8, 4) is 0 Å². The van der Waals surface area contributed by atoms with Crippen molar-refractivity contribution in [3.63, 3.8) is 0 Å². The number of benzene rings is 5. The molecule has 0 saturated carbocycles. The van der Waals surface area contributed by atoms with Crippen molar-refractivity contribution in [1.82, 2.24) is 39.9 Å². The molecule has 630 valence electrons. The fourth-order valence-electron chi connectivity index (χ4n) is 13.4. The van der Waals surface area contributed by atoms with Gasteiger partial charge in [-0.05, 0) is 202 Å². The first-order chi connectivity index (χ1) is 55.5. The van der Waals surface area contributed by atoms with Gasteiger partial charge in [-0.3, -0.25) is 9.97 Å². The van der Waals surface area contributed by atoms with Crippen LogP contribution < -0.4 is 49.0 Å². The third-order valence-electron chi connectivity index (χ3n) is 20.5. The normalized spacial score (nSPS) is 15.2. The molecule has 0 N–H and O–H groups in total. The number of pyridine rings is 2. The maximum absolute atomic E-state index is 4.51. The highest BCUT2D eigenvalue weighted by Gasteiger charge is 2.38. The monoisotopic (exact) mass is 1570 g/mol. The zero-order valence-electron chi connectivity index (χ0n) is 79.0. The van der Waals surface area contributed by atoms with Gasteiger partial charge >= 0.3 is 0 Å². The summed E-state index contributed by atoms with van der Waals surface area (Å²) in [5.41, 5.74) is 26.3. The van der Waals surface area contributed by atoms with Gasteiger partial charge < -0.3 is 49.0 Å². The number of rotatable bonds is 5. The number of anilines is 15. The molecule has 18 heteroatoms. The molecule has 0 bridgehead atoms. The number of aromatic nitrogens is 8. The average Bonchev–Trinajstić information content (AvgIpc) is 1.65. The van der Waals surface area contributed by atoms with Crippen LogP contribution in [-0.2, 0) is 0 Å². The van der Waals surface area contributed by atoms with Gasteiger partial charge in [0.1, 0.15) is 54.9 Å². The van der Waals surface area contributed by atoms with E-state index in [1.54, 1.807) is 25.0 Å². The molecule has 10 aromatic rings. The molecular weight excluding hydrogens is 1420 g/mol. The Balaban J connectivity index is 0.000000680. The number of nitrogens with zero attached hydrogens (tertiary/aromatic N) is 18. The molecule has 0 fully saturated rings. The van der Waals surface area contributed by atoms with Gasteiger partial charge in [0.05, 0.1) is 47.5 Å². The van der Waals surface area contributed by atoms with Gasteiger partial charge in [0.2, 0.25) is 0 Å². The van der Waals surface area contributed by atoms with Gasteiger partial charge in [0, 0.05) is 88.5 Å². The minimum atomic E-state index is 0.220. The van der Waals surface area contributed by atoms with Gasteiger partial charge in [-0.1, -0.05) is 199 Å². The van der Waals surface area contributed by atoms with Crippen LogP contribution in [0.4, 0.5) is 85.8 Å². The number of fused-ring (bicyclic) bond motifs is 5. The summed E-state index contributed by atoms with van der Waals surface area (Å²) in [6.07, 6.45) is 19.4. The molecule has 5 atom stereocenters. The van der Waals surface area contributed by atoms with Crippen LogP contribution in [0.3, 0.4) is 0 Å². The van der Waals surface area contributed by atoms with Gasteiger partial charge in [-0.25, -0.2) is 29.9 Å². The third-order valence-corrected chi connectivity index (χ3v) is 20.5. The van der Waals surface area contributed by atoms with Gasteiger partial charge in [0.15, 0.2) is 23.3 Å². The van der Waals surface area contributed by atoms with Crippen molar-refractivity contribution in [2.24, 2.45) is 0 Å². The Morgan fingerprint density at radius 3 is 0.870 bits per heavy atom. The first-order valence-corrected chi connectivity index (χ1v) is 42.8. The van der Waals surface area contributed by atoms with E-state index in [4.69, 9.17) is 0 Å². The van der Waals surface area contributed by atoms with Crippen LogP contribution in [0.1, 0.15) is 229 Å². The molecule has 10 heterocycles. The highest BCUT2D eigenvalue weighted by Crippen LogP contribution is 2.48. The molecule has 5 aromatic heterocycles. The number of aryl methyl sites for hydroxylation is 5. The van der Waals surface area contributed by atoms with Gasteiger partial charge in [0.25, 0.3) is 0 Å². The Morgan fingerprint density at radius 1 is 0.209 bits per heavy atom. The second kappa shape index (κ2) is 52.2. The Morgan fingerprint density at radius 2 is 0.470 bits per heavy atom. The topological polar surface area (TPSA) is 136 Å². The van der Waals surface area contributed by atoms with Crippen LogP contribution >= 0.6 is 0 Å². The predicted molar refractivity (Wildman–Crippen MR) is 508 cm³/mol. The van der Waals surface area contributed by atoms with Crippen LogP contribution in [0.2, 0.25) is 0 Å². The lowest BCUT2D eigenvalue weighted by Gasteiger charge is -2.29. The molecule has 0 amide bonds. The van der Waals surface area contributed by atoms with E-state index >= 15 is 0 Å². The first-order valence-electron chi connectivity index (χ1n) is 42.8. The molecule has 0 aliphatic carbocycles. The van der Waals surface area contributed by atoms with E-state index in [0.717, 1.165) is 34.6 Å². The fourth-order valence-corrected chi connectivity index (χ4v) is 13.4. The maximum atomic E-state index is 4.51. The lowest BCUT2D eigenvalue weighted by atomic mass is 10.1. The Bertz CT molecular complexity index is 3760. The second-order valence-electron chi connectivity index (χ2n) is 25.6. The molecule has 0 spiro atoms. The van der Waals surface area contributed by atoms with E-state index in [-0.39, 0.29) is 18.5 Å². The zero-order valence-corrected chi connectivity index (χ0v) is 79.0. The lowest BCUT2D eigenvalue weighted by molar-refractivity contribution is 0.725. The summed E-state index contributed by atoms with van der Waals surface area (Å²) in [6.45, 7) is 72.6. The van der Waals surface area contributed by atoms with Crippen LogP contribution in [0, 0.1) is 69.2 Å². The van der Waals surface area contributed by atoms with E-state index in [0.29, 0.717) is 12.3 Å². The average molecular weight is 1570 g/mol. The van der Waals surface area contributed by atoms with Crippen LogP contribution in [0.25, 0.3) is 0 Å². The van der Waals surface area contributed by atoms with E-state index < -0.39 is 0 Å². The number of hydrogen-bond donors (Lipinski definition) is 0. The van der Waals surface area contributed by atoms with Crippen molar-refractivity contribution in [1.29, 1.82) is 0 Å². The molecule has 0 saturated heterocycles. The molecule has 0 radical (unpaired) electrons. The minimum Gasteiger partial charge on any atom is -0.352 e. The predicted octanol–water partition coefficient (Wildman–Crippen LogP) is 26.6. The molecule has 115 heavy (non-hydrogen) atoms. The van der Waals surface area contributed by atoms with Gasteiger partial charge in [-0.15, -0.1) is 0 Å². The highest BCUT2D eigenvalue weighted by atomic mass is 15.5. The van der Waals surface area contributed by atoms with Gasteiger partial charge in [-0.2, -0.15) is 0 Å². The summed E-state index contributed by atoms with van der Waals surface area (Å²) in [7, 11) is 10.5. The Labute approximate surface area is 700 Å². The summed E-state index contributed by atoms with van der Waals surface area (Å²) in [4.78, 5) is 57.3. The zero-order chi connectivity index (χ0) is 87.8. The third kappa shape index (κ3) is 23.2. The summed E-state index contributed by atoms with van der Waals surface area (Å²) >= 11 is 0. The molecule has 5 aromatic carbocycles. The maximum Gasteiger partial charge on any atom is 0.178 e.